The molecule has 2 aromatic heterocycles. The molecule has 1 N–H and O–H groups in total. The van der Waals surface area contributed by atoms with E-state index in [1.54, 1.807) is 0 Å². The maximum absolute atomic E-state index is 12.1. The van der Waals surface area contributed by atoms with E-state index in [0.717, 1.165) is 24.2 Å². The molecule has 2 heterocycles. The van der Waals surface area contributed by atoms with Crippen LogP contribution in [0.3, 0.4) is 0 Å². The van der Waals surface area contributed by atoms with Crippen molar-refractivity contribution in [2.75, 3.05) is 6.54 Å². The molecule has 2 rings (SSSR count). The molecule has 0 bridgehead atoms. The Balaban J connectivity index is 2.46. The molecule has 2 aromatic rings. The zero-order valence-electron chi connectivity index (χ0n) is 10.2. The SMILES string of the molecule is CCCNC(=O)c1c(CC)nc2ccccn12. The van der Waals surface area contributed by atoms with Crippen LogP contribution in [-0.2, 0) is 6.42 Å². The number of aryl methyl sites for hydroxylation is 1. The molecular weight excluding hydrogens is 214 g/mol. The Labute approximate surface area is 101 Å². The third-order valence-corrected chi connectivity index (χ3v) is 2.69. The fourth-order valence-corrected chi connectivity index (χ4v) is 1.85. The van der Waals surface area contributed by atoms with Gasteiger partial charge in [0.25, 0.3) is 5.91 Å². The van der Waals surface area contributed by atoms with Crippen LogP contribution in [0.25, 0.3) is 5.65 Å². The second kappa shape index (κ2) is 4.99. The summed E-state index contributed by atoms with van der Waals surface area (Å²) in [5.41, 5.74) is 2.34. The Bertz CT molecular complexity index is 530. The van der Waals surface area contributed by atoms with E-state index in [9.17, 15) is 4.79 Å². The van der Waals surface area contributed by atoms with Gasteiger partial charge in [-0.15, -0.1) is 0 Å². The number of imidazole rings is 1. The largest absolute Gasteiger partial charge is 0.351 e. The average molecular weight is 231 g/mol. The topological polar surface area (TPSA) is 46.4 Å². The molecule has 0 saturated carbocycles. The van der Waals surface area contributed by atoms with Gasteiger partial charge in [-0.1, -0.05) is 19.9 Å². The van der Waals surface area contributed by atoms with E-state index in [0.29, 0.717) is 12.2 Å². The van der Waals surface area contributed by atoms with Gasteiger partial charge in [-0.2, -0.15) is 0 Å². The Morgan fingerprint density at radius 3 is 2.94 bits per heavy atom. The number of carbonyl (C=O) groups is 1. The summed E-state index contributed by atoms with van der Waals surface area (Å²) in [6.07, 6.45) is 3.57. The number of hydrogen-bond acceptors (Lipinski definition) is 2. The minimum absolute atomic E-state index is 0.0394. The van der Waals surface area contributed by atoms with Crippen molar-refractivity contribution in [3.05, 3.63) is 35.8 Å². The first-order valence-electron chi connectivity index (χ1n) is 6.02. The third kappa shape index (κ3) is 2.16. The summed E-state index contributed by atoms with van der Waals surface area (Å²) >= 11 is 0. The van der Waals surface area contributed by atoms with Crippen LogP contribution in [0.4, 0.5) is 0 Å². The van der Waals surface area contributed by atoms with E-state index < -0.39 is 0 Å². The van der Waals surface area contributed by atoms with Crippen molar-refractivity contribution in [2.24, 2.45) is 0 Å². The zero-order chi connectivity index (χ0) is 12.3. The lowest BCUT2D eigenvalue weighted by molar-refractivity contribution is 0.0947. The molecule has 0 aliphatic rings. The van der Waals surface area contributed by atoms with Crippen molar-refractivity contribution in [2.45, 2.75) is 26.7 Å². The van der Waals surface area contributed by atoms with Gasteiger partial charge in [-0.3, -0.25) is 9.20 Å². The first-order chi connectivity index (χ1) is 8.27. The van der Waals surface area contributed by atoms with Crippen molar-refractivity contribution in [3.63, 3.8) is 0 Å². The fourth-order valence-electron chi connectivity index (χ4n) is 1.85. The first-order valence-corrected chi connectivity index (χ1v) is 6.02. The maximum atomic E-state index is 12.1. The van der Waals surface area contributed by atoms with Crippen LogP contribution in [0, 0.1) is 0 Å². The van der Waals surface area contributed by atoms with Gasteiger partial charge in [0.15, 0.2) is 0 Å². The number of carbonyl (C=O) groups excluding carboxylic acids is 1. The van der Waals surface area contributed by atoms with E-state index in [1.807, 2.05) is 42.6 Å². The summed E-state index contributed by atoms with van der Waals surface area (Å²) in [6, 6.07) is 5.75. The van der Waals surface area contributed by atoms with Gasteiger partial charge in [-0.05, 0) is 25.0 Å². The molecule has 0 unspecified atom stereocenters. The number of nitrogens with zero attached hydrogens (tertiary/aromatic N) is 2. The molecule has 1 amide bonds. The lowest BCUT2D eigenvalue weighted by Gasteiger charge is -2.04. The maximum Gasteiger partial charge on any atom is 0.270 e. The van der Waals surface area contributed by atoms with Gasteiger partial charge in [0.1, 0.15) is 11.3 Å². The van der Waals surface area contributed by atoms with Crippen LogP contribution in [0.5, 0.6) is 0 Å². The summed E-state index contributed by atoms with van der Waals surface area (Å²) in [6.45, 7) is 4.75. The molecule has 4 heteroatoms. The summed E-state index contributed by atoms with van der Waals surface area (Å²) in [7, 11) is 0. The van der Waals surface area contributed by atoms with E-state index >= 15 is 0 Å². The first kappa shape index (κ1) is 11.6. The van der Waals surface area contributed by atoms with Gasteiger partial charge in [0, 0.05) is 12.7 Å². The monoisotopic (exact) mass is 231 g/mol. The highest BCUT2D eigenvalue weighted by Gasteiger charge is 2.16. The lowest BCUT2D eigenvalue weighted by atomic mass is 10.2. The van der Waals surface area contributed by atoms with Gasteiger partial charge in [0.2, 0.25) is 0 Å². The number of amides is 1. The average Bonchev–Trinajstić information content (AvgIpc) is 2.74. The van der Waals surface area contributed by atoms with E-state index in [1.165, 1.54) is 0 Å². The standard InChI is InChI=1S/C13H17N3O/c1-3-8-14-13(17)12-10(4-2)15-11-7-5-6-9-16(11)12/h5-7,9H,3-4,8H2,1-2H3,(H,14,17). The Kier molecular flexibility index (Phi) is 3.42. The molecule has 0 atom stereocenters. The molecular formula is C13H17N3O. The summed E-state index contributed by atoms with van der Waals surface area (Å²) in [4.78, 5) is 16.5. The van der Waals surface area contributed by atoms with Crippen LogP contribution >= 0.6 is 0 Å². The fraction of sp³-hybridized carbons (Fsp3) is 0.385. The van der Waals surface area contributed by atoms with Crippen LogP contribution < -0.4 is 5.32 Å². The molecule has 0 spiro atoms. The molecule has 0 fully saturated rings. The third-order valence-electron chi connectivity index (χ3n) is 2.69. The molecule has 0 saturated heterocycles. The van der Waals surface area contributed by atoms with Gasteiger partial charge in [-0.25, -0.2) is 4.98 Å². The second-order valence-corrected chi connectivity index (χ2v) is 3.95. The summed E-state index contributed by atoms with van der Waals surface area (Å²) < 4.78 is 1.85. The lowest BCUT2D eigenvalue weighted by Crippen LogP contribution is -2.26. The predicted molar refractivity (Wildman–Crippen MR) is 67.2 cm³/mol. The van der Waals surface area contributed by atoms with Gasteiger partial charge >= 0.3 is 0 Å². The molecule has 4 nitrogen and oxygen atoms in total. The van der Waals surface area contributed by atoms with Crippen LogP contribution in [0.1, 0.15) is 36.5 Å². The number of aromatic nitrogens is 2. The molecule has 0 aliphatic heterocycles. The number of hydrogen-bond donors (Lipinski definition) is 1. The van der Waals surface area contributed by atoms with Crippen LogP contribution in [0.15, 0.2) is 24.4 Å². The smallest absolute Gasteiger partial charge is 0.270 e. The van der Waals surface area contributed by atoms with Gasteiger partial charge < -0.3 is 5.32 Å². The Morgan fingerprint density at radius 1 is 1.41 bits per heavy atom. The zero-order valence-corrected chi connectivity index (χ0v) is 10.2. The number of rotatable bonds is 4. The molecule has 0 aliphatic carbocycles. The molecule has 17 heavy (non-hydrogen) atoms. The number of fused-ring (bicyclic) bond motifs is 1. The number of pyridine rings is 1. The number of nitrogens with one attached hydrogen (secondary N) is 1. The van der Waals surface area contributed by atoms with E-state index in [2.05, 4.69) is 10.3 Å². The van der Waals surface area contributed by atoms with Crippen molar-refractivity contribution in [1.29, 1.82) is 0 Å². The van der Waals surface area contributed by atoms with Crippen molar-refractivity contribution in [1.82, 2.24) is 14.7 Å². The minimum atomic E-state index is -0.0394. The Hall–Kier alpha value is -1.84. The van der Waals surface area contributed by atoms with Crippen molar-refractivity contribution < 1.29 is 4.79 Å². The van der Waals surface area contributed by atoms with E-state index in [-0.39, 0.29) is 5.91 Å². The normalized spacial score (nSPS) is 10.7. The molecule has 0 aromatic carbocycles. The minimum Gasteiger partial charge on any atom is -0.351 e. The van der Waals surface area contributed by atoms with E-state index in [4.69, 9.17) is 0 Å². The van der Waals surface area contributed by atoms with Crippen molar-refractivity contribution in [3.8, 4) is 0 Å². The molecule has 0 radical (unpaired) electrons. The van der Waals surface area contributed by atoms with Gasteiger partial charge in [0.05, 0.1) is 5.69 Å². The van der Waals surface area contributed by atoms with Crippen LogP contribution in [-0.4, -0.2) is 21.8 Å². The Morgan fingerprint density at radius 2 is 2.24 bits per heavy atom. The van der Waals surface area contributed by atoms with Crippen LogP contribution in [0.2, 0.25) is 0 Å². The summed E-state index contributed by atoms with van der Waals surface area (Å²) in [5, 5.41) is 2.90. The highest BCUT2D eigenvalue weighted by atomic mass is 16.1. The van der Waals surface area contributed by atoms with Crippen molar-refractivity contribution >= 4 is 11.6 Å². The second-order valence-electron chi connectivity index (χ2n) is 3.95. The highest BCUT2D eigenvalue weighted by molar-refractivity contribution is 5.94. The predicted octanol–water partition coefficient (Wildman–Crippen LogP) is 2.04. The quantitative estimate of drug-likeness (QED) is 0.875. The molecule has 90 valence electrons. The summed E-state index contributed by atoms with van der Waals surface area (Å²) in [5.74, 6) is -0.0394. The highest BCUT2D eigenvalue weighted by Crippen LogP contribution is 2.13.